The van der Waals surface area contributed by atoms with E-state index in [1.54, 1.807) is 25.1 Å². The number of halogens is 3. The summed E-state index contributed by atoms with van der Waals surface area (Å²) in [5, 5.41) is 8.71. The van der Waals surface area contributed by atoms with E-state index >= 15 is 0 Å². The van der Waals surface area contributed by atoms with Crippen LogP contribution in [-0.4, -0.2) is 40.4 Å². The second-order valence-electron chi connectivity index (χ2n) is 5.31. The molecule has 1 heterocycles. The summed E-state index contributed by atoms with van der Waals surface area (Å²) in [4.78, 5) is 24.1. The molecule has 0 unspecified atom stereocenters. The molecular weight excluding hydrogens is 403 g/mol. The topological polar surface area (TPSA) is 84.2 Å². The molecule has 1 aromatic carbocycles. The first-order chi connectivity index (χ1) is 12.7. The van der Waals surface area contributed by atoms with Crippen LogP contribution in [0, 0.1) is 6.92 Å². The number of thioether (sulfide) groups is 2. The average molecular weight is 419 g/mol. The number of anilines is 2. The molecule has 0 bridgehead atoms. The number of nitrogens with one attached hydrogen (secondary N) is 2. The van der Waals surface area contributed by atoms with E-state index in [1.165, 1.54) is 12.1 Å². The zero-order valence-corrected chi connectivity index (χ0v) is 15.8. The smallest absolute Gasteiger partial charge is 0.360 e. The Kier molecular flexibility index (Phi) is 7.60. The highest BCUT2D eigenvalue weighted by Gasteiger charge is 2.27. The van der Waals surface area contributed by atoms with E-state index in [9.17, 15) is 22.8 Å². The second-order valence-corrected chi connectivity index (χ2v) is 7.31. The van der Waals surface area contributed by atoms with Crippen molar-refractivity contribution in [3.8, 4) is 0 Å². The average Bonchev–Trinajstić information content (AvgIpc) is 2.98. The minimum atomic E-state index is -4.30. The molecule has 0 spiro atoms. The number of rotatable bonds is 8. The van der Waals surface area contributed by atoms with Crippen LogP contribution in [0.5, 0.6) is 0 Å². The van der Waals surface area contributed by atoms with Crippen molar-refractivity contribution in [2.24, 2.45) is 0 Å². The molecule has 6 nitrogen and oxygen atoms in total. The van der Waals surface area contributed by atoms with Crippen molar-refractivity contribution in [3.05, 3.63) is 36.1 Å². The summed E-state index contributed by atoms with van der Waals surface area (Å²) in [6, 6.07) is 7.81. The van der Waals surface area contributed by atoms with Crippen molar-refractivity contribution in [2.75, 3.05) is 27.9 Å². The minimum Gasteiger partial charge on any atom is -0.360 e. The lowest BCUT2D eigenvalue weighted by molar-refractivity contribution is -0.114. The van der Waals surface area contributed by atoms with Crippen molar-refractivity contribution >= 4 is 46.8 Å². The summed E-state index contributed by atoms with van der Waals surface area (Å²) in [7, 11) is 0. The Labute approximate surface area is 161 Å². The first-order valence-corrected chi connectivity index (χ1v) is 9.76. The molecule has 0 aliphatic carbocycles. The molecule has 1 aromatic heterocycles. The predicted molar refractivity (Wildman–Crippen MR) is 99.0 cm³/mol. The number of amides is 2. The van der Waals surface area contributed by atoms with Gasteiger partial charge in [-0.05, 0) is 19.1 Å². The minimum absolute atomic E-state index is 0.0177. The molecule has 0 saturated carbocycles. The van der Waals surface area contributed by atoms with Gasteiger partial charge in [-0.25, -0.2) is 0 Å². The molecule has 0 fully saturated rings. The number of hydrogen-bond donors (Lipinski definition) is 2. The highest BCUT2D eigenvalue weighted by Crippen LogP contribution is 2.32. The van der Waals surface area contributed by atoms with Gasteiger partial charge in [0.05, 0.1) is 22.9 Å². The fraction of sp³-hybridized carbons (Fsp3) is 0.312. The van der Waals surface area contributed by atoms with E-state index in [4.69, 9.17) is 4.52 Å². The van der Waals surface area contributed by atoms with Crippen molar-refractivity contribution < 1.29 is 27.3 Å². The van der Waals surface area contributed by atoms with Crippen LogP contribution < -0.4 is 10.6 Å². The number of nitrogens with zero attached hydrogens (tertiary/aromatic N) is 1. The molecule has 0 aliphatic rings. The number of aryl methyl sites for hydroxylation is 1. The van der Waals surface area contributed by atoms with Crippen LogP contribution in [0.25, 0.3) is 0 Å². The van der Waals surface area contributed by atoms with Gasteiger partial charge in [0, 0.05) is 11.0 Å². The summed E-state index contributed by atoms with van der Waals surface area (Å²) in [5.74, 6) is -0.964. The highest BCUT2D eigenvalue weighted by molar-refractivity contribution is 8.00. The normalized spacial score (nSPS) is 11.3. The van der Waals surface area contributed by atoms with E-state index in [0.717, 1.165) is 11.8 Å². The Bertz CT molecular complexity index is 796. The molecule has 0 saturated heterocycles. The lowest BCUT2D eigenvalue weighted by Crippen LogP contribution is -2.19. The maximum absolute atomic E-state index is 12.4. The quantitative estimate of drug-likeness (QED) is 0.631. The van der Waals surface area contributed by atoms with Crippen LogP contribution in [0.15, 0.2) is 39.8 Å². The zero-order valence-electron chi connectivity index (χ0n) is 14.1. The molecule has 2 amide bonds. The van der Waals surface area contributed by atoms with Gasteiger partial charge in [-0.1, -0.05) is 17.3 Å². The molecule has 0 radical (unpaired) electrons. The monoisotopic (exact) mass is 419 g/mol. The Morgan fingerprint density at radius 2 is 1.81 bits per heavy atom. The summed E-state index contributed by atoms with van der Waals surface area (Å²) in [5.41, 5.74) is 0.305. The van der Waals surface area contributed by atoms with Gasteiger partial charge in [0.2, 0.25) is 11.8 Å². The fourth-order valence-corrected chi connectivity index (χ4v) is 3.27. The zero-order chi connectivity index (χ0) is 19.9. The molecule has 2 rings (SSSR count). The Balaban J connectivity index is 1.77. The largest absolute Gasteiger partial charge is 0.398 e. The molecule has 2 N–H and O–H groups in total. The van der Waals surface area contributed by atoms with Gasteiger partial charge >= 0.3 is 6.18 Å². The predicted octanol–water partition coefficient (Wildman–Crippen LogP) is 3.95. The SMILES string of the molecule is Cc1cc(NC(=O)CSCC(=O)Nc2ccccc2SCC(F)(F)F)no1. The van der Waals surface area contributed by atoms with E-state index in [0.29, 0.717) is 28.1 Å². The maximum Gasteiger partial charge on any atom is 0.398 e. The molecule has 2 aromatic rings. The summed E-state index contributed by atoms with van der Waals surface area (Å²) in [6.45, 7) is 1.69. The van der Waals surface area contributed by atoms with E-state index in [2.05, 4.69) is 15.8 Å². The summed E-state index contributed by atoms with van der Waals surface area (Å²) >= 11 is 1.67. The lowest BCUT2D eigenvalue weighted by atomic mass is 10.3. The number of para-hydroxylation sites is 1. The van der Waals surface area contributed by atoms with Gasteiger partial charge in [-0.2, -0.15) is 13.2 Å². The first kappa shape index (κ1) is 21.2. The Morgan fingerprint density at radius 1 is 1.15 bits per heavy atom. The van der Waals surface area contributed by atoms with E-state index < -0.39 is 17.8 Å². The number of benzene rings is 1. The molecule has 0 aliphatic heterocycles. The molecule has 27 heavy (non-hydrogen) atoms. The molecular formula is C16H16F3N3O3S2. The van der Waals surface area contributed by atoms with Gasteiger partial charge in [-0.15, -0.1) is 23.5 Å². The maximum atomic E-state index is 12.4. The van der Waals surface area contributed by atoms with Crippen molar-refractivity contribution in [1.82, 2.24) is 5.16 Å². The van der Waals surface area contributed by atoms with Crippen LogP contribution in [0.4, 0.5) is 24.7 Å². The van der Waals surface area contributed by atoms with Crippen LogP contribution in [0.1, 0.15) is 5.76 Å². The third kappa shape index (κ3) is 7.95. The van der Waals surface area contributed by atoms with Crippen LogP contribution in [-0.2, 0) is 9.59 Å². The Hall–Kier alpha value is -2.14. The fourth-order valence-electron chi connectivity index (χ4n) is 1.88. The first-order valence-electron chi connectivity index (χ1n) is 7.62. The third-order valence-electron chi connectivity index (χ3n) is 2.91. The van der Waals surface area contributed by atoms with Gasteiger partial charge in [0.1, 0.15) is 5.76 Å². The van der Waals surface area contributed by atoms with Gasteiger partial charge < -0.3 is 15.2 Å². The summed E-state index contributed by atoms with van der Waals surface area (Å²) < 4.78 is 41.9. The van der Waals surface area contributed by atoms with Crippen LogP contribution in [0.2, 0.25) is 0 Å². The van der Waals surface area contributed by atoms with Gasteiger partial charge in [0.25, 0.3) is 0 Å². The Morgan fingerprint density at radius 3 is 2.44 bits per heavy atom. The standard InChI is InChI=1S/C16H16F3N3O3S2/c1-10-6-13(22-25-10)21-15(24)8-26-7-14(23)20-11-4-2-3-5-12(11)27-9-16(17,18)19/h2-6H,7-9H2,1H3,(H,20,23)(H,21,22,24). The number of hydrogen-bond acceptors (Lipinski definition) is 6. The van der Waals surface area contributed by atoms with Gasteiger partial charge in [0.15, 0.2) is 5.82 Å². The van der Waals surface area contributed by atoms with E-state index in [1.807, 2.05) is 0 Å². The van der Waals surface area contributed by atoms with Crippen molar-refractivity contribution in [1.29, 1.82) is 0 Å². The molecule has 11 heteroatoms. The third-order valence-corrected chi connectivity index (χ3v) is 4.99. The second kappa shape index (κ2) is 9.70. The summed E-state index contributed by atoms with van der Waals surface area (Å²) in [6.07, 6.45) is -4.30. The molecule has 146 valence electrons. The van der Waals surface area contributed by atoms with E-state index in [-0.39, 0.29) is 23.2 Å². The highest BCUT2D eigenvalue weighted by atomic mass is 32.2. The number of aromatic nitrogens is 1. The lowest BCUT2D eigenvalue weighted by Gasteiger charge is -2.11. The van der Waals surface area contributed by atoms with Crippen molar-refractivity contribution in [2.45, 2.75) is 18.0 Å². The number of carbonyl (C=O) groups excluding carboxylic acids is 2. The number of carbonyl (C=O) groups is 2. The number of alkyl halides is 3. The van der Waals surface area contributed by atoms with Gasteiger partial charge in [-0.3, -0.25) is 9.59 Å². The van der Waals surface area contributed by atoms with Crippen molar-refractivity contribution in [3.63, 3.8) is 0 Å². The van der Waals surface area contributed by atoms with Crippen LogP contribution in [0.3, 0.4) is 0 Å². The van der Waals surface area contributed by atoms with Crippen LogP contribution >= 0.6 is 23.5 Å². The molecule has 0 atom stereocenters.